The van der Waals surface area contributed by atoms with E-state index in [0.717, 1.165) is 6.42 Å². The molecule has 74 valence electrons. The number of hydrogen-bond acceptors (Lipinski definition) is 5. The van der Waals surface area contributed by atoms with Crippen LogP contribution in [0.5, 0.6) is 0 Å². The van der Waals surface area contributed by atoms with Crippen molar-refractivity contribution in [3.05, 3.63) is 18.2 Å². The van der Waals surface area contributed by atoms with Crippen molar-refractivity contribution in [1.29, 1.82) is 0 Å². The maximum Gasteiger partial charge on any atom is 0.280 e. The van der Waals surface area contributed by atoms with Crippen molar-refractivity contribution < 1.29 is 9.05 Å². The van der Waals surface area contributed by atoms with Gasteiger partial charge in [0.05, 0.1) is 5.38 Å². The monoisotopic (exact) mass is 213 g/mol. The van der Waals surface area contributed by atoms with E-state index in [1.54, 1.807) is 6.07 Å². The molecule has 0 N–H and O–H groups in total. The van der Waals surface area contributed by atoms with E-state index in [0.29, 0.717) is 17.4 Å². The Labute approximate surface area is 85.0 Å². The van der Waals surface area contributed by atoms with Crippen LogP contribution in [0.15, 0.2) is 21.4 Å². The van der Waals surface area contributed by atoms with Gasteiger partial charge in [-0.05, 0) is 6.42 Å². The summed E-state index contributed by atoms with van der Waals surface area (Å²) in [7, 11) is 0. The molecule has 0 aromatic carbocycles. The Kier molecular flexibility index (Phi) is 2.49. The largest absolute Gasteiger partial charge is 0.364 e. The van der Waals surface area contributed by atoms with Crippen molar-refractivity contribution in [1.82, 2.24) is 15.3 Å². The van der Waals surface area contributed by atoms with Crippen molar-refractivity contribution in [2.75, 3.05) is 0 Å². The van der Waals surface area contributed by atoms with E-state index in [-0.39, 0.29) is 5.38 Å². The smallest absolute Gasteiger partial charge is 0.280 e. The second kappa shape index (κ2) is 3.79. The fourth-order valence-corrected chi connectivity index (χ4v) is 1.06. The van der Waals surface area contributed by atoms with Gasteiger partial charge in [0.15, 0.2) is 11.5 Å². The van der Waals surface area contributed by atoms with Crippen LogP contribution in [0.25, 0.3) is 11.6 Å². The van der Waals surface area contributed by atoms with Crippen LogP contribution >= 0.6 is 11.6 Å². The van der Waals surface area contributed by atoms with Gasteiger partial charge in [-0.25, -0.2) is 0 Å². The van der Waals surface area contributed by atoms with Crippen LogP contribution in [-0.4, -0.2) is 15.3 Å². The number of rotatable bonds is 3. The van der Waals surface area contributed by atoms with Gasteiger partial charge in [0.1, 0.15) is 6.26 Å². The zero-order chi connectivity index (χ0) is 9.97. The van der Waals surface area contributed by atoms with Crippen molar-refractivity contribution in [3.8, 4) is 11.6 Å². The lowest BCUT2D eigenvalue weighted by atomic mass is 10.3. The molecule has 1 atom stereocenters. The number of nitrogens with zero attached hydrogens (tertiary/aromatic N) is 3. The summed E-state index contributed by atoms with van der Waals surface area (Å²) in [6.45, 7) is 1.95. The predicted octanol–water partition coefficient (Wildman–Crippen LogP) is 2.41. The molecule has 2 heterocycles. The van der Waals surface area contributed by atoms with Crippen LogP contribution in [-0.2, 0) is 0 Å². The Morgan fingerprint density at radius 3 is 3.00 bits per heavy atom. The summed E-state index contributed by atoms with van der Waals surface area (Å²) in [4.78, 5) is 4.09. The Bertz CT molecular complexity index is 398. The summed E-state index contributed by atoms with van der Waals surface area (Å²) in [6, 6.07) is 1.65. The quantitative estimate of drug-likeness (QED) is 0.733. The van der Waals surface area contributed by atoms with Crippen LogP contribution in [0.1, 0.15) is 24.5 Å². The number of alkyl halides is 1. The van der Waals surface area contributed by atoms with Gasteiger partial charge in [-0.2, -0.15) is 4.98 Å². The molecule has 2 aromatic rings. The van der Waals surface area contributed by atoms with Crippen LogP contribution in [0.3, 0.4) is 0 Å². The summed E-state index contributed by atoms with van der Waals surface area (Å²) in [5, 5.41) is 7.19. The zero-order valence-electron chi connectivity index (χ0n) is 7.48. The van der Waals surface area contributed by atoms with Crippen LogP contribution in [0, 0.1) is 0 Å². The maximum atomic E-state index is 5.94. The van der Waals surface area contributed by atoms with Crippen molar-refractivity contribution in [2.24, 2.45) is 0 Å². The molecule has 0 fully saturated rings. The second-order valence-corrected chi connectivity index (χ2v) is 3.25. The van der Waals surface area contributed by atoms with Gasteiger partial charge in [-0.15, -0.1) is 11.6 Å². The lowest BCUT2D eigenvalue weighted by Gasteiger charge is -1.95. The Hall–Kier alpha value is -1.36. The average Bonchev–Trinajstić information content (AvgIpc) is 2.86. The normalized spacial score (nSPS) is 13.0. The highest BCUT2D eigenvalue weighted by Crippen LogP contribution is 2.23. The summed E-state index contributed by atoms with van der Waals surface area (Å²) in [6.07, 6.45) is 2.19. The van der Waals surface area contributed by atoms with Gasteiger partial charge in [0.25, 0.3) is 5.89 Å². The van der Waals surface area contributed by atoms with Crippen molar-refractivity contribution in [3.63, 3.8) is 0 Å². The Morgan fingerprint density at radius 1 is 1.50 bits per heavy atom. The van der Waals surface area contributed by atoms with Crippen LogP contribution in [0.2, 0.25) is 0 Å². The molecule has 0 aliphatic rings. The average molecular weight is 214 g/mol. The second-order valence-electron chi connectivity index (χ2n) is 2.72. The van der Waals surface area contributed by atoms with Gasteiger partial charge >= 0.3 is 0 Å². The molecule has 0 aliphatic carbocycles. The molecule has 0 radical (unpaired) electrons. The van der Waals surface area contributed by atoms with E-state index in [4.69, 9.17) is 16.1 Å². The fourth-order valence-electron chi connectivity index (χ4n) is 0.972. The lowest BCUT2D eigenvalue weighted by Crippen LogP contribution is -1.90. The molecule has 0 amide bonds. The molecule has 1 unspecified atom stereocenters. The molecular weight excluding hydrogens is 206 g/mol. The molecule has 14 heavy (non-hydrogen) atoms. The highest BCUT2D eigenvalue weighted by Gasteiger charge is 2.16. The summed E-state index contributed by atoms with van der Waals surface area (Å²) in [5.74, 6) is 0.806. The van der Waals surface area contributed by atoms with Crippen molar-refractivity contribution in [2.45, 2.75) is 18.7 Å². The van der Waals surface area contributed by atoms with Gasteiger partial charge < -0.3 is 9.05 Å². The molecule has 0 bridgehead atoms. The van der Waals surface area contributed by atoms with Gasteiger partial charge in [-0.1, -0.05) is 17.2 Å². The van der Waals surface area contributed by atoms with Crippen LogP contribution < -0.4 is 0 Å². The van der Waals surface area contributed by atoms with E-state index in [9.17, 15) is 0 Å². The molecule has 5 nitrogen and oxygen atoms in total. The number of aromatic nitrogens is 3. The summed E-state index contributed by atoms with van der Waals surface area (Å²) in [5.41, 5.74) is 0.517. The molecule has 0 saturated heterocycles. The SMILES string of the molecule is CCC(Cl)c1noc(-c2ccon2)n1. The van der Waals surface area contributed by atoms with Gasteiger partial charge in [0, 0.05) is 6.07 Å². The third kappa shape index (κ3) is 1.63. The highest BCUT2D eigenvalue weighted by molar-refractivity contribution is 6.20. The number of hydrogen-bond donors (Lipinski definition) is 0. The summed E-state index contributed by atoms with van der Waals surface area (Å²) < 4.78 is 9.62. The lowest BCUT2D eigenvalue weighted by molar-refractivity contribution is 0.401. The van der Waals surface area contributed by atoms with Gasteiger partial charge in [-0.3, -0.25) is 0 Å². The van der Waals surface area contributed by atoms with E-state index in [1.807, 2.05) is 6.92 Å². The molecule has 2 aromatic heterocycles. The predicted molar refractivity (Wildman–Crippen MR) is 48.7 cm³/mol. The molecule has 6 heteroatoms. The van der Waals surface area contributed by atoms with E-state index >= 15 is 0 Å². The standard InChI is InChI=1S/C8H8ClN3O2/c1-2-5(9)7-10-8(14-12-7)6-3-4-13-11-6/h3-5H,2H2,1H3. The summed E-state index contributed by atoms with van der Waals surface area (Å²) >= 11 is 5.94. The first-order chi connectivity index (χ1) is 6.81. The molecule has 0 saturated carbocycles. The molecular formula is C8H8ClN3O2. The maximum absolute atomic E-state index is 5.94. The van der Waals surface area contributed by atoms with E-state index < -0.39 is 0 Å². The third-order valence-corrected chi connectivity index (χ3v) is 2.24. The van der Waals surface area contributed by atoms with Gasteiger partial charge in [0.2, 0.25) is 0 Å². The minimum Gasteiger partial charge on any atom is -0.364 e. The fraction of sp³-hybridized carbons (Fsp3) is 0.375. The first kappa shape index (κ1) is 9.21. The third-order valence-electron chi connectivity index (χ3n) is 1.74. The minimum absolute atomic E-state index is 0.223. The van der Waals surface area contributed by atoms with Crippen LogP contribution in [0.4, 0.5) is 0 Å². The van der Waals surface area contributed by atoms with Crippen molar-refractivity contribution >= 4 is 11.6 Å². The first-order valence-electron chi connectivity index (χ1n) is 4.19. The number of halogens is 1. The molecule has 2 rings (SSSR count). The zero-order valence-corrected chi connectivity index (χ0v) is 8.23. The Balaban J connectivity index is 2.26. The topological polar surface area (TPSA) is 65.0 Å². The van der Waals surface area contributed by atoms with E-state index in [2.05, 4.69) is 19.8 Å². The van der Waals surface area contributed by atoms with E-state index in [1.165, 1.54) is 6.26 Å². The minimum atomic E-state index is -0.223. The highest BCUT2D eigenvalue weighted by atomic mass is 35.5. The molecule has 0 aliphatic heterocycles. The first-order valence-corrected chi connectivity index (χ1v) is 4.63. The Morgan fingerprint density at radius 2 is 2.36 bits per heavy atom. The molecule has 0 spiro atoms.